The maximum atomic E-state index is 13.2. The molecule has 2 atom stereocenters. The van der Waals surface area contributed by atoms with Crippen LogP contribution in [0.4, 0.5) is 0 Å². The van der Waals surface area contributed by atoms with Crippen LogP contribution in [-0.2, 0) is 22.7 Å². The van der Waals surface area contributed by atoms with E-state index in [0.717, 1.165) is 11.1 Å². The summed E-state index contributed by atoms with van der Waals surface area (Å²) in [6, 6.07) is 5.58. The van der Waals surface area contributed by atoms with Gasteiger partial charge in [-0.05, 0) is 36.3 Å². The molecular weight excluding hydrogens is 368 g/mol. The Morgan fingerprint density at radius 1 is 1.14 bits per heavy atom. The van der Waals surface area contributed by atoms with E-state index in [1.54, 1.807) is 4.90 Å². The second-order valence-corrected chi connectivity index (χ2v) is 8.47. The summed E-state index contributed by atoms with van der Waals surface area (Å²) in [5.41, 5.74) is 8.64. The van der Waals surface area contributed by atoms with Crippen LogP contribution >= 0.6 is 0 Å². The van der Waals surface area contributed by atoms with Crippen LogP contribution in [0.25, 0.3) is 0 Å². The molecule has 0 aromatic heterocycles. The maximum Gasteiger partial charge on any atom is 0.255 e. The number of benzene rings is 1. The summed E-state index contributed by atoms with van der Waals surface area (Å²) in [5, 5.41) is 5.95. The van der Waals surface area contributed by atoms with Crippen molar-refractivity contribution in [2.45, 2.75) is 70.1 Å². The lowest BCUT2D eigenvalue weighted by Gasteiger charge is -2.30. The van der Waals surface area contributed by atoms with E-state index in [1.165, 1.54) is 32.1 Å². The number of fused-ring (bicyclic) bond motifs is 1. The molecule has 2 heterocycles. The Hall–Kier alpha value is -2.25. The average molecular weight is 399 g/mol. The minimum Gasteiger partial charge on any atom is -0.329 e. The normalized spacial score (nSPS) is 23.8. The van der Waals surface area contributed by atoms with Crippen molar-refractivity contribution in [3.05, 3.63) is 34.9 Å². The highest BCUT2D eigenvalue weighted by Gasteiger charge is 2.40. The molecule has 2 fully saturated rings. The molecule has 156 valence electrons. The van der Waals surface area contributed by atoms with Crippen LogP contribution in [0.5, 0.6) is 0 Å². The van der Waals surface area contributed by atoms with Crippen LogP contribution in [-0.4, -0.2) is 41.2 Å². The minimum atomic E-state index is -0.576. The summed E-state index contributed by atoms with van der Waals surface area (Å²) in [6.07, 6.45) is 6.92. The van der Waals surface area contributed by atoms with Gasteiger partial charge in [0.25, 0.3) is 5.91 Å². The number of nitrogens with one attached hydrogen (secondary N) is 2. The fourth-order valence-electron chi connectivity index (χ4n) is 5.06. The topological polar surface area (TPSA) is 105 Å². The largest absolute Gasteiger partial charge is 0.329 e. The van der Waals surface area contributed by atoms with Gasteiger partial charge < -0.3 is 16.0 Å². The second kappa shape index (κ2) is 8.63. The van der Waals surface area contributed by atoms with Gasteiger partial charge in [-0.1, -0.05) is 37.5 Å². The van der Waals surface area contributed by atoms with Gasteiger partial charge in [-0.25, -0.2) is 0 Å². The quantitative estimate of drug-likeness (QED) is 0.629. The van der Waals surface area contributed by atoms with Crippen LogP contribution in [0.3, 0.4) is 0 Å². The van der Waals surface area contributed by atoms with Crippen molar-refractivity contribution in [3.8, 4) is 0 Å². The number of amides is 3. The molecule has 7 nitrogen and oxygen atoms in total. The van der Waals surface area contributed by atoms with Crippen LogP contribution < -0.4 is 16.4 Å². The van der Waals surface area contributed by atoms with E-state index in [2.05, 4.69) is 10.6 Å². The monoisotopic (exact) mass is 398 g/mol. The summed E-state index contributed by atoms with van der Waals surface area (Å²) in [7, 11) is 0. The number of piperidine rings is 1. The first-order chi connectivity index (χ1) is 14.1. The van der Waals surface area contributed by atoms with Crippen LogP contribution in [0.1, 0.15) is 66.4 Å². The van der Waals surface area contributed by atoms with Gasteiger partial charge in [0.15, 0.2) is 0 Å². The highest BCUT2D eigenvalue weighted by Crippen LogP contribution is 2.30. The number of carbonyl (C=O) groups excluding carboxylic acids is 3. The first-order valence-electron chi connectivity index (χ1n) is 10.8. The molecule has 7 heteroatoms. The number of carbonyl (C=O) groups is 3. The van der Waals surface area contributed by atoms with Crippen LogP contribution in [0.15, 0.2) is 18.2 Å². The summed E-state index contributed by atoms with van der Waals surface area (Å²) in [4.78, 5) is 38.5. The molecule has 0 bridgehead atoms. The van der Waals surface area contributed by atoms with Gasteiger partial charge >= 0.3 is 0 Å². The number of hydrogen-bond donors (Lipinski definition) is 3. The highest BCUT2D eigenvalue weighted by atomic mass is 16.2. The molecular formula is C22H30N4O3. The van der Waals surface area contributed by atoms with Gasteiger partial charge in [0.05, 0.1) is 0 Å². The first-order valence-corrected chi connectivity index (χ1v) is 10.8. The van der Waals surface area contributed by atoms with Crippen molar-refractivity contribution >= 4 is 17.7 Å². The summed E-state index contributed by atoms with van der Waals surface area (Å²) >= 11 is 0. The standard InChI is InChI=1S/C22H30N4O3/c23-11-17(14-5-2-1-3-6-14)24-12-15-7-4-8-16-13-26(22(29)20(15)16)18-9-10-19(27)25-21(18)28/h4,7-8,14,17-18,24H,1-3,5-6,9-13,23H2,(H,25,27,28)/t17-,18?/m1/s1. The lowest BCUT2D eigenvalue weighted by atomic mass is 9.84. The lowest BCUT2D eigenvalue weighted by molar-refractivity contribution is -0.136. The molecule has 4 N–H and O–H groups in total. The lowest BCUT2D eigenvalue weighted by Crippen LogP contribution is -2.52. The van der Waals surface area contributed by atoms with E-state index < -0.39 is 6.04 Å². The van der Waals surface area contributed by atoms with Crippen molar-refractivity contribution in [1.29, 1.82) is 0 Å². The van der Waals surface area contributed by atoms with Gasteiger partial charge in [-0.3, -0.25) is 19.7 Å². The molecule has 0 spiro atoms. The Labute approximate surface area is 171 Å². The molecule has 29 heavy (non-hydrogen) atoms. The molecule has 2 aliphatic heterocycles. The Balaban J connectivity index is 1.47. The smallest absolute Gasteiger partial charge is 0.255 e. The number of nitrogens with two attached hydrogens (primary N) is 1. The van der Waals surface area contributed by atoms with Crippen molar-refractivity contribution in [2.75, 3.05) is 6.54 Å². The summed E-state index contributed by atoms with van der Waals surface area (Å²) in [6.45, 7) is 1.60. The molecule has 1 unspecified atom stereocenters. The predicted octanol–water partition coefficient (Wildman–Crippen LogP) is 1.44. The Kier molecular flexibility index (Phi) is 5.96. The third-order valence-electron chi connectivity index (χ3n) is 6.67. The Morgan fingerprint density at radius 2 is 1.93 bits per heavy atom. The van der Waals surface area contributed by atoms with Crippen molar-refractivity contribution in [3.63, 3.8) is 0 Å². The van der Waals surface area contributed by atoms with Crippen molar-refractivity contribution in [2.24, 2.45) is 11.7 Å². The zero-order valence-corrected chi connectivity index (χ0v) is 16.8. The minimum absolute atomic E-state index is 0.117. The highest BCUT2D eigenvalue weighted by molar-refractivity contribution is 6.05. The van der Waals surface area contributed by atoms with Crippen LogP contribution in [0.2, 0.25) is 0 Å². The molecule has 1 saturated carbocycles. The van der Waals surface area contributed by atoms with Gasteiger partial charge in [0, 0.05) is 37.7 Å². The first kappa shape index (κ1) is 20.0. The SMILES string of the molecule is NC[C@@H](NCc1cccc2c1C(=O)N(C1CCC(=O)NC1=O)C2)C1CCCCC1. The fourth-order valence-corrected chi connectivity index (χ4v) is 5.06. The summed E-state index contributed by atoms with van der Waals surface area (Å²) < 4.78 is 0. The Morgan fingerprint density at radius 3 is 2.66 bits per heavy atom. The average Bonchev–Trinajstić information content (AvgIpc) is 3.06. The number of imide groups is 1. The molecule has 3 aliphatic rings. The van der Waals surface area contributed by atoms with Gasteiger partial charge in [-0.2, -0.15) is 0 Å². The molecule has 3 amide bonds. The molecule has 1 aromatic carbocycles. The van der Waals surface area contributed by atoms with E-state index in [4.69, 9.17) is 5.73 Å². The number of rotatable bonds is 6. The third kappa shape index (κ3) is 4.07. The molecule has 1 aliphatic carbocycles. The number of hydrogen-bond acceptors (Lipinski definition) is 5. The predicted molar refractivity (Wildman–Crippen MR) is 109 cm³/mol. The molecule has 0 radical (unpaired) electrons. The van der Waals surface area contributed by atoms with E-state index in [0.29, 0.717) is 37.5 Å². The summed E-state index contributed by atoms with van der Waals surface area (Å²) in [5.74, 6) is -0.159. The van der Waals surface area contributed by atoms with Crippen molar-refractivity contribution in [1.82, 2.24) is 15.5 Å². The Bertz CT molecular complexity index is 803. The van der Waals surface area contributed by atoms with Gasteiger partial charge in [0.2, 0.25) is 11.8 Å². The van der Waals surface area contributed by atoms with E-state index in [-0.39, 0.29) is 30.2 Å². The van der Waals surface area contributed by atoms with Crippen LogP contribution in [0, 0.1) is 5.92 Å². The van der Waals surface area contributed by atoms with E-state index >= 15 is 0 Å². The van der Waals surface area contributed by atoms with E-state index in [9.17, 15) is 14.4 Å². The zero-order chi connectivity index (χ0) is 20.4. The fraction of sp³-hybridized carbons (Fsp3) is 0.591. The maximum absolute atomic E-state index is 13.2. The zero-order valence-electron chi connectivity index (χ0n) is 16.8. The van der Waals surface area contributed by atoms with Gasteiger partial charge in [0.1, 0.15) is 6.04 Å². The molecule has 1 aromatic rings. The second-order valence-electron chi connectivity index (χ2n) is 8.47. The molecule has 4 rings (SSSR count). The van der Waals surface area contributed by atoms with E-state index in [1.807, 2.05) is 18.2 Å². The molecule has 1 saturated heterocycles. The van der Waals surface area contributed by atoms with Gasteiger partial charge in [-0.15, -0.1) is 0 Å². The third-order valence-corrected chi connectivity index (χ3v) is 6.67. The number of nitrogens with zero attached hydrogens (tertiary/aromatic N) is 1. The van der Waals surface area contributed by atoms with Crippen molar-refractivity contribution < 1.29 is 14.4 Å².